The summed E-state index contributed by atoms with van der Waals surface area (Å²) in [5.41, 5.74) is 4.97. The molecule has 0 unspecified atom stereocenters. The van der Waals surface area contributed by atoms with Gasteiger partial charge in [0.2, 0.25) is 5.89 Å². The number of aryl methyl sites for hydroxylation is 1. The number of hydrogen-bond donors (Lipinski definition) is 0. The van der Waals surface area contributed by atoms with Gasteiger partial charge in [-0.15, -0.1) is 11.3 Å². The summed E-state index contributed by atoms with van der Waals surface area (Å²) in [6.07, 6.45) is 5.57. The van der Waals surface area contributed by atoms with Gasteiger partial charge in [-0.05, 0) is 49.6 Å². The molecule has 0 spiro atoms. The molecular weight excluding hydrogens is 427 g/mol. The molecule has 1 atom stereocenters. The summed E-state index contributed by atoms with van der Waals surface area (Å²) in [5.74, 6) is 0.909. The van der Waals surface area contributed by atoms with Crippen LogP contribution in [0.4, 0.5) is 4.39 Å². The molecule has 0 aliphatic carbocycles. The van der Waals surface area contributed by atoms with Gasteiger partial charge < -0.3 is 9.32 Å². The molecule has 0 saturated carbocycles. The Hall–Kier alpha value is -3.39. The van der Waals surface area contributed by atoms with E-state index in [-0.39, 0.29) is 17.8 Å². The van der Waals surface area contributed by atoms with Crippen molar-refractivity contribution in [1.82, 2.24) is 19.9 Å². The van der Waals surface area contributed by atoms with Crippen molar-refractivity contribution in [2.24, 2.45) is 0 Å². The first-order chi connectivity index (χ1) is 15.6. The number of thiazole rings is 1. The van der Waals surface area contributed by atoms with Crippen molar-refractivity contribution in [3.63, 3.8) is 0 Å². The molecule has 1 fully saturated rings. The second-order valence-corrected chi connectivity index (χ2v) is 8.68. The van der Waals surface area contributed by atoms with Crippen LogP contribution in [0.3, 0.4) is 0 Å². The summed E-state index contributed by atoms with van der Waals surface area (Å²) < 4.78 is 19.1. The van der Waals surface area contributed by atoms with Gasteiger partial charge in [0.25, 0.3) is 5.91 Å². The molecule has 0 bridgehead atoms. The average molecular weight is 449 g/mol. The number of aromatic nitrogens is 3. The Bertz CT molecular complexity index is 1250. The number of rotatable bonds is 5. The number of carbonyl (C=O) groups is 1. The van der Waals surface area contributed by atoms with Crippen LogP contribution >= 0.6 is 11.3 Å². The Morgan fingerprint density at radius 3 is 2.84 bits per heavy atom. The van der Waals surface area contributed by atoms with Gasteiger partial charge in [0.05, 0.1) is 28.0 Å². The topological polar surface area (TPSA) is 72.1 Å². The number of nitrogens with zero attached hydrogens (tertiary/aromatic N) is 4. The molecule has 1 aliphatic rings. The highest BCUT2D eigenvalue weighted by atomic mass is 32.1. The number of pyridine rings is 1. The summed E-state index contributed by atoms with van der Waals surface area (Å²) >= 11 is 1.51. The third-order valence-corrected chi connectivity index (χ3v) is 6.60. The van der Waals surface area contributed by atoms with E-state index in [9.17, 15) is 9.18 Å². The Morgan fingerprint density at radius 1 is 1.22 bits per heavy atom. The standard InChI is InChI=1S/C24H21FN4O2S/c1-15-22(32-14-28-15)20-12-17(8-9-26-20)24(30)29-10-2-3-21(29)23-27-13-19(31-23)11-16-4-6-18(25)7-5-16/h4-9,12-14,21H,2-3,10-11H2,1H3/t21-/m1/s1. The first kappa shape index (κ1) is 20.5. The smallest absolute Gasteiger partial charge is 0.254 e. The fraction of sp³-hybridized carbons (Fsp3) is 0.250. The van der Waals surface area contributed by atoms with Crippen LogP contribution in [-0.2, 0) is 6.42 Å². The van der Waals surface area contributed by atoms with Gasteiger partial charge in [0, 0.05) is 24.7 Å². The minimum atomic E-state index is -0.267. The lowest BCUT2D eigenvalue weighted by molar-refractivity contribution is 0.0714. The van der Waals surface area contributed by atoms with Gasteiger partial charge in [-0.1, -0.05) is 12.1 Å². The summed E-state index contributed by atoms with van der Waals surface area (Å²) in [6.45, 7) is 2.58. The highest BCUT2D eigenvalue weighted by molar-refractivity contribution is 7.13. The van der Waals surface area contributed by atoms with E-state index in [1.165, 1.54) is 23.5 Å². The van der Waals surface area contributed by atoms with E-state index in [2.05, 4.69) is 15.0 Å². The van der Waals surface area contributed by atoms with Crippen molar-refractivity contribution in [3.8, 4) is 10.6 Å². The quantitative estimate of drug-likeness (QED) is 0.419. The lowest BCUT2D eigenvalue weighted by atomic mass is 10.1. The van der Waals surface area contributed by atoms with E-state index in [1.54, 1.807) is 36.1 Å². The second-order valence-electron chi connectivity index (χ2n) is 7.82. The van der Waals surface area contributed by atoms with E-state index >= 15 is 0 Å². The first-order valence-corrected chi connectivity index (χ1v) is 11.3. The molecule has 8 heteroatoms. The Kier molecular flexibility index (Phi) is 5.53. The Morgan fingerprint density at radius 2 is 2.06 bits per heavy atom. The van der Waals surface area contributed by atoms with Crippen LogP contribution in [-0.4, -0.2) is 32.3 Å². The molecule has 1 aromatic carbocycles. The van der Waals surface area contributed by atoms with Crippen molar-refractivity contribution < 1.29 is 13.6 Å². The van der Waals surface area contributed by atoms with E-state index < -0.39 is 0 Å². The van der Waals surface area contributed by atoms with Crippen LogP contribution in [0.25, 0.3) is 10.6 Å². The van der Waals surface area contributed by atoms with Crippen LogP contribution in [0.2, 0.25) is 0 Å². The predicted octanol–water partition coefficient (Wildman–Crippen LogP) is 5.21. The van der Waals surface area contributed by atoms with Gasteiger partial charge in [-0.25, -0.2) is 14.4 Å². The monoisotopic (exact) mass is 448 g/mol. The summed E-state index contributed by atoms with van der Waals surface area (Å²) in [7, 11) is 0. The number of amides is 1. The molecule has 162 valence electrons. The minimum absolute atomic E-state index is 0.0587. The number of carbonyl (C=O) groups excluding carboxylic acids is 1. The number of oxazole rings is 1. The van der Waals surface area contributed by atoms with Crippen molar-refractivity contribution >= 4 is 17.2 Å². The summed E-state index contributed by atoms with van der Waals surface area (Å²) in [5, 5.41) is 0. The van der Waals surface area contributed by atoms with Crippen LogP contribution in [0.5, 0.6) is 0 Å². The SMILES string of the molecule is Cc1ncsc1-c1cc(C(=O)N2CCC[C@@H]2c2ncc(Cc3ccc(F)cc3)o2)ccn1. The minimum Gasteiger partial charge on any atom is -0.443 e. The molecule has 0 N–H and O–H groups in total. The van der Waals surface area contributed by atoms with Gasteiger partial charge >= 0.3 is 0 Å². The third-order valence-electron chi connectivity index (χ3n) is 5.65. The highest BCUT2D eigenvalue weighted by Crippen LogP contribution is 2.34. The van der Waals surface area contributed by atoms with E-state index in [1.807, 2.05) is 17.9 Å². The van der Waals surface area contributed by atoms with E-state index in [0.29, 0.717) is 30.2 Å². The number of likely N-dealkylation sites (tertiary alicyclic amines) is 1. The molecule has 5 rings (SSSR count). The molecule has 4 aromatic rings. The maximum absolute atomic E-state index is 13.3. The molecule has 0 radical (unpaired) electrons. The van der Waals surface area contributed by atoms with Crippen molar-refractivity contribution in [1.29, 1.82) is 0 Å². The predicted molar refractivity (Wildman–Crippen MR) is 119 cm³/mol. The van der Waals surface area contributed by atoms with Crippen LogP contribution in [0.15, 0.2) is 58.7 Å². The van der Waals surface area contributed by atoms with E-state index in [4.69, 9.17) is 4.42 Å². The molecule has 1 amide bonds. The average Bonchev–Trinajstić information content (AvgIpc) is 3.55. The molecule has 1 saturated heterocycles. The van der Waals surface area contributed by atoms with Crippen LogP contribution in [0, 0.1) is 12.7 Å². The number of benzene rings is 1. The fourth-order valence-corrected chi connectivity index (χ4v) is 4.80. The Labute approximate surface area is 188 Å². The molecular formula is C24H21FN4O2S. The van der Waals surface area contributed by atoms with Gasteiger partial charge in [0.1, 0.15) is 17.6 Å². The largest absolute Gasteiger partial charge is 0.443 e. The molecule has 4 heterocycles. The van der Waals surface area contributed by atoms with Gasteiger partial charge in [-0.2, -0.15) is 0 Å². The fourth-order valence-electron chi connectivity index (χ4n) is 4.03. The highest BCUT2D eigenvalue weighted by Gasteiger charge is 2.34. The molecule has 6 nitrogen and oxygen atoms in total. The second kappa shape index (κ2) is 8.63. The molecule has 3 aromatic heterocycles. The number of halogens is 1. The normalized spacial score (nSPS) is 15.9. The first-order valence-electron chi connectivity index (χ1n) is 10.4. The summed E-state index contributed by atoms with van der Waals surface area (Å²) in [4.78, 5) is 29.3. The maximum atomic E-state index is 13.3. The lowest BCUT2D eigenvalue weighted by Gasteiger charge is -2.22. The maximum Gasteiger partial charge on any atom is 0.254 e. The number of hydrogen-bond acceptors (Lipinski definition) is 6. The van der Waals surface area contributed by atoms with Crippen molar-refractivity contribution in [2.75, 3.05) is 6.54 Å². The molecule has 32 heavy (non-hydrogen) atoms. The third kappa shape index (κ3) is 4.05. The van der Waals surface area contributed by atoms with Gasteiger partial charge in [-0.3, -0.25) is 9.78 Å². The van der Waals surface area contributed by atoms with Crippen LogP contribution < -0.4 is 0 Å². The zero-order valence-corrected chi connectivity index (χ0v) is 18.3. The van der Waals surface area contributed by atoms with Gasteiger partial charge in [0.15, 0.2) is 0 Å². The Balaban J connectivity index is 1.35. The van der Waals surface area contributed by atoms with Crippen LogP contribution in [0.1, 0.15) is 52.1 Å². The summed E-state index contributed by atoms with van der Waals surface area (Å²) in [6, 6.07) is 9.69. The van der Waals surface area contributed by atoms with Crippen molar-refractivity contribution in [3.05, 3.63) is 88.6 Å². The zero-order valence-electron chi connectivity index (χ0n) is 17.5. The lowest BCUT2D eigenvalue weighted by Crippen LogP contribution is -2.30. The van der Waals surface area contributed by atoms with E-state index in [0.717, 1.165) is 34.7 Å². The zero-order chi connectivity index (χ0) is 22.1. The molecule has 1 aliphatic heterocycles. The van der Waals surface area contributed by atoms with Crippen molar-refractivity contribution in [2.45, 2.75) is 32.2 Å².